The van der Waals surface area contributed by atoms with Crippen LogP contribution in [0.2, 0.25) is 0 Å². The fourth-order valence-corrected chi connectivity index (χ4v) is 2.88. The van der Waals surface area contributed by atoms with E-state index in [1.165, 1.54) is 31.2 Å². The van der Waals surface area contributed by atoms with Crippen molar-refractivity contribution in [2.45, 2.75) is 64.7 Å². The maximum Gasteiger partial charge on any atom is -0.00258 e. The van der Waals surface area contributed by atoms with Gasteiger partial charge in [0.05, 0.1) is 0 Å². The maximum atomic E-state index is 3.56. The van der Waals surface area contributed by atoms with E-state index in [9.17, 15) is 0 Å². The lowest BCUT2D eigenvalue weighted by atomic mass is 9.77. The summed E-state index contributed by atoms with van der Waals surface area (Å²) in [7, 11) is 0. The zero-order valence-corrected chi connectivity index (χ0v) is 13.7. The van der Waals surface area contributed by atoms with Crippen molar-refractivity contribution in [2.24, 2.45) is 5.92 Å². The van der Waals surface area contributed by atoms with Crippen LogP contribution in [-0.2, 0) is 5.41 Å². The SMILES string of the molecule is CC(C)CNCCC(C)(C)c1ccc(C2CCC2)cc1. The number of nitrogens with one attached hydrogen (secondary N) is 1. The molecule has 1 aromatic rings. The monoisotopic (exact) mass is 273 g/mol. The average molecular weight is 273 g/mol. The minimum atomic E-state index is 0.266. The van der Waals surface area contributed by atoms with Gasteiger partial charge in [-0.15, -0.1) is 0 Å². The highest BCUT2D eigenvalue weighted by atomic mass is 14.8. The highest BCUT2D eigenvalue weighted by Gasteiger charge is 2.22. The molecule has 0 saturated heterocycles. The molecule has 0 atom stereocenters. The molecule has 20 heavy (non-hydrogen) atoms. The molecular formula is C19H31N. The van der Waals surface area contributed by atoms with E-state index in [4.69, 9.17) is 0 Å². The van der Waals surface area contributed by atoms with E-state index >= 15 is 0 Å². The third-order valence-electron chi connectivity index (χ3n) is 4.75. The van der Waals surface area contributed by atoms with Gasteiger partial charge in [-0.2, -0.15) is 0 Å². The van der Waals surface area contributed by atoms with Crippen molar-refractivity contribution < 1.29 is 0 Å². The van der Waals surface area contributed by atoms with Gasteiger partial charge < -0.3 is 5.32 Å². The van der Waals surface area contributed by atoms with Crippen molar-refractivity contribution in [1.82, 2.24) is 5.32 Å². The molecule has 1 aliphatic carbocycles. The second kappa shape index (κ2) is 6.76. The molecule has 0 radical (unpaired) electrons. The van der Waals surface area contributed by atoms with Crippen LogP contribution in [0.3, 0.4) is 0 Å². The fourth-order valence-electron chi connectivity index (χ4n) is 2.88. The van der Waals surface area contributed by atoms with E-state index in [0.717, 1.165) is 24.9 Å². The Morgan fingerprint density at radius 2 is 1.80 bits per heavy atom. The lowest BCUT2D eigenvalue weighted by molar-refractivity contribution is 0.418. The molecule has 1 N–H and O–H groups in total. The number of hydrogen-bond donors (Lipinski definition) is 1. The summed E-state index contributed by atoms with van der Waals surface area (Å²) < 4.78 is 0. The van der Waals surface area contributed by atoms with Crippen molar-refractivity contribution in [1.29, 1.82) is 0 Å². The van der Waals surface area contributed by atoms with Gasteiger partial charge in [-0.05, 0) is 60.7 Å². The first-order valence-corrected chi connectivity index (χ1v) is 8.30. The Kier molecular flexibility index (Phi) is 5.26. The standard InChI is InChI=1S/C19H31N/c1-15(2)14-20-13-12-19(3,4)18-10-8-17(9-11-18)16-6-5-7-16/h8-11,15-16,20H,5-7,12-14H2,1-4H3. The summed E-state index contributed by atoms with van der Waals surface area (Å²) in [4.78, 5) is 0. The van der Waals surface area contributed by atoms with Crippen LogP contribution in [-0.4, -0.2) is 13.1 Å². The largest absolute Gasteiger partial charge is 0.316 e. The van der Waals surface area contributed by atoms with E-state index in [1.807, 2.05) is 0 Å². The highest BCUT2D eigenvalue weighted by molar-refractivity contribution is 5.30. The lowest BCUT2D eigenvalue weighted by Gasteiger charge is -2.29. The van der Waals surface area contributed by atoms with Gasteiger partial charge in [0.25, 0.3) is 0 Å². The van der Waals surface area contributed by atoms with Crippen molar-refractivity contribution in [3.05, 3.63) is 35.4 Å². The molecule has 1 fully saturated rings. The Labute approximate surface area is 125 Å². The molecule has 1 aliphatic rings. The first-order valence-electron chi connectivity index (χ1n) is 8.30. The van der Waals surface area contributed by atoms with Crippen LogP contribution in [0.25, 0.3) is 0 Å². The van der Waals surface area contributed by atoms with Crippen LogP contribution < -0.4 is 5.32 Å². The van der Waals surface area contributed by atoms with Crippen LogP contribution in [0.4, 0.5) is 0 Å². The first-order chi connectivity index (χ1) is 9.49. The lowest BCUT2D eigenvalue weighted by Crippen LogP contribution is -2.27. The summed E-state index contributed by atoms with van der Waals surface area (Å²) in [5.74, 6) is 1.58. The van der Waals surface area contributed by atoms with Gasteiger partial charge in [0.2, 0.25) is 0 Å². The summed E-state index contributed by atoms with van der Waals surface area (Å²) >= 11 is 0. The molecule has 1 saturated carbocycles. The van der Waals surface area contributed by atoms with Crippen LogP contribution in [0.1, 0.15) is 70.4 Å². The van der Waals surface area contributed by atoms with Crippen LogP contribution in [0.5, 0.6) is 0 Å². The molecule has 1 aromatic carbocycles. The predicted octanol–water partition coefficient (Wildman–Crippen LogP) is 4.87. The van der Waals surface area contributed by atoms with E-state index in [1.54, 1.807) is 5.56 Å². The van der Waals surface area contributed by atoms with Crippen molar-refractivity contribution in [3.63, 3.8) is 0 Å². The zero-order chi connectivity index (χ0) is 14.6. The molecule has 112 valence electrons. The molecule has 0 amide bonds. The van der Waals surface area contributed by atoms with Crippen LogP contribution >= 0.6 is 0 Å². The first kappa shape index (κ1) is 15.6. The minimum absolute atomic E-state index is 0.266. The maximum absolute atomic E-state index is 3.56. The molecular weight excluding hydrogens is 242 g/mol. The van der Waals surface area contributed by atoms with Gasteiger partial charge in [-0.3, -0.25) is 0 Å². The van der Waals surface area contributed by atoms with Crippen molar-refractivity contribution in [3.8, 4) is 0 Å². The average Bonchev–Trinajstić information content (AvgIpc) is 2.33. The molecule has 0 aromatic heterocycles. The molecule has 0 bridgehead atoms. The smallest absolute Gasteiger partial charge is 0.00258 e. The fraction of sp³-hybridized carbons (Fsp3) is 0.684. The molecule has 0 heterocycles. The summed E-state index contributed by atoms with van der Waals surface area (Å²) in [5.41, 5.74) is 3.29. The molecule has 1 heteroatoms. The number of rotatable bonds is 7. The Hall–Kier alpha value is -0.820. The van der Waals surface area contributed by atoms with Crippen LogP contribution in [0.15, 0.2) is 24.3 Å². The molecule has 2 rings (SSSR count). The topological polar surface area (TPSA) is 12.0 Å². The molecule has 1 nitrogen and oxygen atoms in total. The second-order valence-corrected chi connectivity index (χ2v) is 7.48. The van der Waals surface area contributed by atoms with Crippen LogP contribution in [0, 0.1) is 5.92 Å². The molecule has 0 aliphatic heterocycles. The number of hydrogen-bond acceptors (Lipinski definition) is 1. The third kappa shape index (κ3) is 4.09. The summed E-state index contributed by atoms with van der Waals surface area (Å²) in [6.07, 6.45) is 5.39. The van der Waals surface area contributed by atoms with Gasteiger partial charge in [0.15, 0.2) is 0 Å². The predicted molar refractivity (Wildman–Crippen MR) is 88.4 cm³/mol. The Morgan fingerprint density at radius 3 is 2.30 bits per heavy atom. The van der Waals surface area contributed by atoms with E-state index in [2.05, 4.69) is 57.3 Å². The Bertz CT molecular complexity index is 398. The Balaban J connectivity index is 1.87. The summed E-state index contributed by atoms with van der Waals surface area (Å²) in [6.45, 7) is 11.5. The normalized spacial score (nSPS) is 16.4. The van der Waals surface area contributed by atoms with Gasteiger partial charge >= 0.3 is 0 Å². The van der Waals surface area contributed by atoms with Gasteiger partial charge in [0, 0.05) is 0 Å². The second-order valence-electron chi connectivity index (χ2n) is 7.48. The minimum Gasteiger partial charge on any atom is -0.316 e. The van der Waals surface area contributed by atoms with Gasteiger partial charge in [0.1, 0.15) is 0 Å². The van der Waals surface area contributed by atoms with E-state index < -0.39 is 0 Å². The zero-order valence-electron chi connectivity index (χ0n) is 13.7. The quantitative estimate of drug-likeness (QED) is 0.699. The summed E-state index contributed by atoms with van der Waals surface area (Å²) in [5, 5.41) is 3.56. The van der Waals surface area contributed by atoms with Gasteiger partial charge in [-0.25, -0.2) is 0 Å². The van der Waals surface area contributed by atoms with E-state index in [0.29, 0.717) is 0 Å². The van der Waals surface area contributed by atoms with Crippen molar-refractivity contribution in [2.75, 3.05) is 13.1 Å². The van der Waals surface area contributed by atoms with E-state index in [-0.39, 0.29) is 5.41 Å². The summed E-state index contributed by atoms with van der Waals surface area (Å²) in [6, 6.07) is 9.44. The molecule has 0 spiro atoms. The Morgan fingerprint density at radius 1 is 1.15 bits per heavy atom. The third-order valence-corrected chi connectivity index (χ3v) is 4.75. The molecule has 0 unspecified atom stereocenters. The van der Waals surface area contributed by atoms with Gasteiger partial charge in [-0.1, -0.05) is 58.4 Å². The number of benzene rings is 1. The highest BCUT2D eigenvalue weighted by Crippen LogP contribution is 2.37. The van der Waals surface area contributed by atoms with Crippen molar-refractivity contribution >= 4 is 0 Å².